The molecule has 1 aliphatic rings. The van der Waals surface area contributed by atoms with Crippen molar-refractivity contribution in [3.8, 4) is 10.6 Å². The van der Waals surface area contributed by atoms with Gasteiger partial charge < -0.3 is 9.88 Å². The van der Waals surface area contributed by atoms with E-state index in [1.54, 1.807) is 11.3 Å². The van der Waals surface area contributed by atoms with E-state index < -0.39 is 0 Å². The van der Waals surface area contributed by atoms with E-state index in [2.05, 4.69) is 63.4 Å². The molecule has 5 nitrogen and oxygen atoms in total. The van der Waals surface area contributed by atoms with Crippen LogP contribution in [0.4, 0.5) is 0 Å². The summed E-state index contributed by atoms with van der Waals surface area (Å²) in [6, 6.07) is 8.88. The Bertz CT molecular complexity index is 842. The Morgan fingerprint density at radius 2 is 2.08 bits per heavy atom. The van der Waals surface area contributed by atoms with E-state index in [9.17, 15) is 0 Å². The third kappa shape index (κ3) is 3.99. The minimum Gasteiger partial charge on any atom is -0.337 e. The second-order valence-corrected chi connectivity index (χ2v) is 7.45. The van der Waals surface area contributed by atoms with Crippen LogP contribution in [0.5, 0.6) is 0 Å². The largest absolute Gasteiger partial charge is 0.337 e. The maximum atomic E-state index is 4.87. The van der Waals surface area contributed by atoms with E-state index >= 15 is 0 Å². The highest BCUT2D eigenvalue weighted by Gasteiger charge is 2.27. The molecule has 0 spiro atoms. The highest BCUT2D eigenvalue weighted by molar-refractivity contribution is 7.13. The number of imidazole rings is 1. The van der Waals surface area contributed by atoms with Crippen molar-refractivity contribution in [2.45, 2.75) is 19.5 Å². The third-order valence-corrected chi connectivity index (χ3v) is 5.67. The number of nitrogens with one attached hydrogen (secondary N) is 1. The predicted molar refractivity (Wildman–Crippen MR) is 109 cm³/mol. The molecule has 26 heavy (non-hydrogen) atoms. The van der Waals surface area contributed by atoms with Crippen LogP contribution in [-0.2, 0) is 13.6 Å². The van der Waals surface area contributed by atoms with Crippen molar-refractivity contribution in [2.75, 3.05) is 19.6 Å². The topological polar surface area (TPSA) is 46.0 Å². The fourth-order valence-electron chi connectivity index (χ4n) is 3.30. The van der Waals surface area contributed by atoms with E-state index in [0.717, 1.165) is 42.7 Å². The fourth-order valence-corrected chi connectivity index (χ4v) is 4.12. The minimum atomic E-state index is 0. The Morgan fingerprint density at radius 3 is 2.81 bits per heavy atom. The molecule has 1 aliphatic heterocycles. The standard InChI is InChI=1S/C19H23N5S.ClH/c1-14-3-5-15(6-4-14)19-22-16(13-25-19)12-24-10-7-20-11-17(24)18-21-8-9-23(18)2;/h3-6,8-9,13,17,20H,7,10-12H2,1-2H3;1H. The van der Waals surface area contributed by atoms with Crippen molar-refractivity contribution in [1.29, 1.82) is 0 Å². The SMILES string of the molecule is Cc1ccc(-c2nc(CN3CCNCC3c3nccn3C)cs2)cc1.Cl. The number of hydrogen-bond acceptors (Lipinski definition) is 5. The molecule has 0 amide bonds. The normalized spacial score (nSPS) is 17.8. The molecule has 1 N–H and O–H groups in total. The van der Waals surface area contributed by atoms with Gasteiger partial charge in [-0.1, -0.05) is 29.8 Å². The molecule has 1 saturated heterocycles. The van der Waals surface area contributed by atoms with Gasteiger partial charge in [0.1, 0.15) is 10.8 Å². The zero-order chi connectivity index (χ0) is 17.2. The van der Waals surface area contributed by atoms with Gasteiger partial charge in [-0.3, -0.25) is 4.90 Å². The van der Waals surface area contributed by atoms with Gasteiger partial charge in [-0.05, 0) is 6.92 Å². The lowest BCUT2D eigenvalue weighted by molar-refractivity contribution is 0.143. The minimum absolute atomic E-state index is 0. The fraction of sp³-hybridized carbons (Fsp3) is 0.368. The molecular formula is C19H24ClN5S. The number of rotatable bonds is 4. The summed E-state index contributed by atoms with van der Waals surface area (Å²) in [5, 5.41) is 6.77. The summed E-state index contributed by atoms with van der Waals surface area (Å²) >= 11 is 1.72. The quantitative estimate of drug-likeness (QED) is 0.742. The lowest BCUT2D eigenvalue weighted by Gasteiger charge is -2.35. The van der Waals surface area contributed by atoms with E-state index in [1.165, 1.54) is 11.1 Å². The number of hydrogen-bond donors (Lipinski definition) is 1. The molecule has 0 bridgehead atoms. The average Bonchev–Trinajstić information content (AvgIpc) is 3.25. The molecule has 138 valence electrons. The first-order chi connectivity index (χ1) is 12.2. The van der Waals surface area contributed by atoms with Gasteiger partial charge in [-0.25, -0.2) is 9.97 Å². The van der Waals surface area contributed by atoms with Crippen LogP contribution >= 0.6 is 23.7 Å². The Kier molecular flexibility index (Phi) is 6.09. The lowest BCUT2D eigenvalue weighted by Crippen LogP contribution is -2.46. The van der Waals surface area contributed by atoms with Crippen molar-refractivity contribution in [3.63, 3.8) is 0 Å². The third-order valence-electron chi connectivity index (χ3n) is 4.73. The summed E-state index contributed by atoms with van der Waals surface area (Å²) in [5.41, 5.74) is 3.61. The summed E-state index contributed by atoms with van der Waals surface area (Å²) in [6.45, 7) is 5.92. The zero-order valence-electron chi connectivity index (χ0n) is 15.1. The second-order valence-electron chi connectivity index (χ2n) is 6.60. The molecule has 3 aromatic rings. The molecule has 2 aromatic heterocycles. The van der Waals surface area contributed by atoms with Gasteiger partial charge in [0.2, 0.25) is 0 Å². The van der Waals surface area contributed by atoms with Gasteiger partial charge in [0.25, 0.3) is 0 Å². The van der Waals surface area contributed by atoms with Crippen LogP contribution in [0, 0.1) is 6.92 Å². The Morgan fingerprint density at radius 1 is 1.27 bits per heavy atom. The maximum absolute atomic E-state index is 4.87. The van der Waals surface area contributed by atoms with Crippen LogP contribution in [0.25, 0.3) is 10.6 Å². The molecule has 1 atom stereocenters. The number of benzene rings is 1. The Hall–Kier alpha value is -1.73. The predicted octanol–water partition coefficient (Wildman–Crippen LogP) is 3.42. The maximum Gasteiger partial charge on any atom is 0.127 e. The van der Waals surface area contributed by atoms with Gasteiger partial charge >= 0.3 is 0 Å². The van der Waals surface area contributed by atoms with Gasteiger partial charge in [-0.15, -0.1) is 23.7 Å². The average molecular weight is 390 g/mol. The van der Waals surface area contributed by atoms with Crippen molar-refractivity contribution >= 4 is 23.7 Å². The van der Waals surface area contributed by atoms with E-state index in [-0.39, 0.29) is 12.4 Å². The van der Waals surface area contributed by atoms with Gasteiger partial charge in [0.05, 0.1) is 11.7 Å². The van der Waals surface area contributed by atoms with Gasteiger partial charge in [0.15, 0.2) is 0 Å². The molecule has 0 saturated carbocycles. The lowest BCUT2D eigenvalue weighted by atomic mass is 10.1. The first kappa shape index (κ1) is 19.0. The van der Waals surface area contributed by atoms with Gasteiger partial charge in [-0.2, -0.15) is 0 Å². The zero-order valence-corrected chi connectivity index (χ0v) is 16.7. The Labute approximate surface area is 164 Å². The van der Waals surface area contributed by atoms with Crippen LogP contribution in [0.15, 0.2) is 42.0 Å². The summed E-state index contributed by atoms with van der Waals surface area (Å²) in [7, 11) is 2.06. The molecule has 1 aromatic carbocycles. The summed E-state index contributed by atoms with van der Waals surface area (Å²) in [6.07, 6.45) is 3.89. The molecule has 3 heterocycles. The number of aryl methyl sites for hydroxylation is 2. The molecule has 0 radical (unpaired) electrons. The van der Waals surface area contributed by atoms with Crippen LogP contribution in [0.1, 0.15) is 23.1 Å². The van der Waals surface area contributed by atoms with E-state index in [1.807, 2.05) is 12.4 Å². The van der Waals surface area contributed by atoms with Crippen molar-refractivity contribution in [3.05, 3.63) is 59.1 Å². The number of nitrogens with zero attached hydrogens (tertiary/aromatic N) is 4. The first-order valence-electron chi connectivity index (χ1n) is 8.64. The highest BCUT2D eigenvalue weighted by atomic mass is 35.5. The smallest absolute Gasteiger partial charge is 0.127 e. The molecular weight excluding hydrogens is 366 g/mol. The molecule has 4 rings (SSSR count). The number of aromatic nitrogens is 3. The van der Waals surface area contributed by atoms with Crippen molar-refractivity contribution in [1.82, 2.24) is 24.8 Å². The first-order valence-corrected chi connectivity index (χ1v) is 9.52. The summed E-state index contributed by atoms with van der Waals surface area (Å²) in [4.78, 5) is 11.9. The van der Waals surface area contributed by atoms with Crippen molar-refractivity contribution in [2.24, 2.45) is 7.05 Å². The molecule has 7 heteroatoms. The van der Waals surface area contributed by atoms with Crippen LogP contribution in [0.3, 0.4) is 0 Å². The number of piperazine rings is 1. The monoisotopic (exact) mass is 389 g/mol. The van der Waals surface area contributed by atoms with Gasteiger partial charge in [0, 0.05) is 56.6 Å². The molecule has 1 unspecified atom stereocenters. The van der Waals surface area contributed by atoms with Crippen molar-refractivity contribution < 1.29 is 0 Å². The van der Waals surface area contributed by atoms with E-state index in [4.69, 9.17) is 4.98 Å². The Balaban J connectivity index is 0.00000196. The summed E-state index contributed by atoms with van der Waals surface area (Å²) < 4.78 is 2.11. The highest BCUT2D eigenvalue weighted by Crippen LogP contribution is 2.27. The molecule has 1 fully saturated rings. The molecule has 0 aliphatic carbocycles. The van der Waals surface area contributed by atoms with Crippen LogP contribution in [-0.4, -0.2) is 39.1 Å². The summed E-state index contributed by atoms with van der Waals surface area (Å²) in [5.74, 6) is 1.11. The second kappa shape index (κ2) is 8.31. The number of thiazole rings is 1. The van der Waals surface area contributed by atoms with Crippen LogP contribution in [0.2, 0.25) is 0 Å². The number of halogens is 1. The van der Waals surface area contributed by atoms with E-state index in [0.29, 0.717) is 6.04 Å². The van der Waals surface area contributed by atoms with Crippen LogP contribution < -0.4 is 5.32 Å².